The molecular formula is C18H25N5O3. The first-order valence-electron chi connectivity index (χ1n) is 9.00. The summed E-state index contributed by atoms with van der Waals surface area (Å²) in [6.45, 7) is 3.94. The van der Waals surface area contributed by atoms with Crippen LogP contribution in [0.5, 0.6) is 0 Å². The maximum atomic E-state index is 12.5. The van der Waals surface area contributed by atoms with E-state index in [1.54, 1.807) is 22.1 Å². The second-order valence-electron chi connectivity index (χ2n) is 7.06. The van der Waals surface area contributed by atoms with Crippen LogP contribution in [0.25, 0.3) is 0 Å². The molecule has 1 aromatic heterocycles. The van der Waals surface area contributed by atoms with Gasteiger partial charge < -0.3 is 20.9 Å². The van der Waals surface area contributed by atoms with E-state index in [0.29, 0.717) is 38.2 Å². The van der Waals surface area contributed by atoms with E-state index < -0.39 is 0 Å². The zero-order valence-corrected chi connectivity index (χ0v) is 15.0. The predicted molar refractivity (Wildman–Crippen MR) is 95.3 cm³/mol. The van der Waals surface area contributed by atoms with E-state index >= 15 is 0 Å². The molecule has 2 aliphatic rings. The number of likely N-dealkylation sites (tertiary alicyclic amines) is 2. The fraction of sp³-hybridized carbons (Fsp3) is 0.556. The maximum absolute atomic E-state index is 12.5. The van der Waals surface area contributed by atoms with Crippen molar-refractivity contribution >= 4 is 17.8 Å². The van der Waals surface area contributed by atoms with Gasteiger partial charge in [0, 0.05) is 44.1 Å². The Balaban J connectivity index is 1.52. The topological polar surface area (TPSA) is 109 Å². The number of nitrogens with zero attached hydrogens (tertiary/aromatic N) is 3. The lowest BCUT2D eigenvalue weighted by molar-refractivity contribution is -0.123. The van der Waals surface area contributed by atoms with Gasteiger partial charge in [-0.2, -0.15) is 0 Å². The molecule has 0 radical (unpaired) electrons. The molecule has 0 bridgehead atoms. The highest BCUT2D eigenvalue weighted by atomic mass is 16.2. The summed E-state index contributed by atoms with van der Waals surface area (Å²) in [7, 11) is 0. The van der Waals surface area contributed by atoms with Crippen molar-refractivity contribution in [1.29, 1.82) is 0 Å². The number of nitrogens with one attached hydrogen (secondary N) is 1. The van der Waals surface area contributed by atoms with Gasteiger partial charge in [-0.15, -0.1) is 0 Å². The molecule has 1 aromatic rings. The molecule has 4 amide bonds. The van der Waals surface area contributed by atoms with Crippen LogP contribution in [0.3, 0.4) is 0 Å². The molecule has 0 saturated carbocycles. The van der Waals surface area contributed by atoms with E-state index in [1.165, 1.54) is 0 Å². The van der Waals surface area contributed by atoms with Crippen molar-refractivity contribution < 1.29 is 14.4 Å². The smallest absolute Gasteiger partial charge is 0.317 e. The summed E-state index contributed by atoms with van der Waals surface area (Å²) in [5.74, 6) is -0.696. The van der Waals surface area contributed by atoms with E-state index in [4.69, 9.17) is 5.73 Å². The Labute approximate surface area is 152 Å². The average Bonchev–Trinajstić information content (AvgIpc) is 3.10. The van der Waals surface area contributed by atoms with E-state index in [-0.39, 0.29) is 29.8 Å². The van der Waals surface area contributed by atoms with E-state index in [1.807, 2.05) is 13.0 Å². The van der Waals surface area contributed by atoms with Crippen LogP contribution in [0.4, 0.5) is 4.79 Å². The van der Waals surface area contributed by atoms with Crippen molar-refractivity contribution in [3.05, 3.63) is 29.6 Å². The minimum atomic E-state index is -0.355. The van der Waals surface area contributed by atoms with Crippen molar-refractivity contribution in [2.45, 2.75) is 32.2 Å². The highest BCUT2D eigenvalue weighted by molar-refractivity contribution is 5.94. The Morgan fingerprint density at radius 1 is 1.15 bits per heavy atom. The van der Waals surface area contributed by atoms with Crippen molar-refractivity contribution in [3.8, 4) is 0 Å². The lowest BCUT2D eigenvalue weighted by Gasteiger charge is -2.32. The number of rotatable bonds is 3. The first-order valence-corrected chi connectivity index (χ1v) is 9.00. The number of carbonyl (C=O) groups excluding carboxylic acids is 3. The summed E-state index contributed by atoms with van der Waals surface area (Å²) in [6.07, 6.45) is 3.80. The molecule has 0 aliphatic carbocycles. The van der Waals surface area contributed by atoms with E-state index in [9.17, 15) is 14.4 Å². The number of urea groups is 1. The highest BCUT2D eigenvalue weighted by Crippen LogP contribution is 2.18. The van der Waals surface area contributed by atoms with Gasteiger partial charge in [0.05, 0.1) is 11.5 Å². The minimum absolute atomic E-state index is 0.0685. The van der Waals surface area contributed by atoms with Gasteiger partial charge in [0.2, 0.25) is 5.91 Å². The molecule has 8 heteroatoms. The summed E-state index contributed by atoms with van der Waals surface area (Å²) >= 11 is 0. The summed E-state index contributed by atoms with van der Waals surface area (Å²) in [4.78, 5) is 43.9. The third kappa shape index (κ3) is 4.12. The van der Waals surface area contributed by atoms with Crippen LogP contribution in [0, 0.1) is 12.8 Å². The highest BCUT2D eigenvalue weighted by Gasteiger charge is 2.31. The van der Waals surface area contributed by atoms with Crippen molar-refractivity contribution in [3.63, 3.8) is 0 Å². The van der Waals surface area contributed by atoms with E-state index in [0.717, 1.165) is 18.5 Å². The SMILES string of the molecule is Cc1ccc(C(=O)N2CC[C@@H](NC(=O)N3CCCC(C(N)=O)C3)C2)cn1. The largest absolute Gasteiger partial charge is 0.369 e. The molecule has 2 atom stereocenters. The molecular weight excluding hydrogens is 334 g/mol. The number of hydrogen-bond donors (Lipinski definition) is 2. The second kappa shape index (κ2) is 7.72. The zero-order valence-electron chi connectivity index (χ0n) is 15.0. The minimum Gasteiger partial charge on any atom is -0.369 e. The zero-order chi connectivity index (χ0) is 18.7. The number of aromatic nitrogens is 1. The van der Waals surface area contributed by atoms with Gasteiger partial charge in [0.1, 0.15) is 0 Å². The molecule has 0 spiro atoms. The molecule has 3 rings (SSSR count). The third-order valence-electron chi connectivity index (χ3n) is 5.07. The van der Waals surface area contributed by atoms with Crippen molar-refractivity contribution in [2.75, 3.05) is 26.2 Å². The number of piperidine rings is 1. The van der Waals surface area contributed by atoms with Gasteiger partial charge in [-0.05, 0) is 38.3 Å². The lowest BCUT2D eigenvalue weighted by atomic mass is 9.98. The Kier molecular flexibility index (Phi) is 5.39. The molecule has 2 aliphatic heterocycles. The number of amides is 4. The van der Waals surface area contributed by atoms with Gasteiger partial charge in [-0.1, -0.05) is 0 Å². The number of aryl methyl sites for hydroxylation is 1. The Hall–Kier alpha value is -2.64. The van der Waals surface area contributed by atoms with Crippen LogP contribution in [-0.4, -0.2) is 64.9 Å². The first kappa shape index (κ1) is 18.2. The molecule has 26 heavy (non-hydrogen) atoms. The molecule has 8 nitrogen and oxygen atoms in total. The summed E-state index contributed by atoms with van der Waals surface area (Å²) in [5, 5.41) is 2.98. The molecule has 3 N–H and O–H groups in total. The van der Waals surface area contributed by atoms with Crippen LogP contribution < -0.4 is 11.1 Å². The number of pyridine rings is 1. The second-order valence-corrected chi connectivity index (χ2v) is 7.06. The van der Waals surface area contributed by atoms with Crippen LogP contribution >= 0.6 is 0 Å². The molecule has 2 saturated heterocycles. The van der Waals surface area contributed by atoms with Crippen molar-refractivity contribution in [1.82, 2.24) is 20.1 Å². The van der Waals surface area contributed by atoms with Gasteiger partial charge >= 0.3 is 6.03 Å². The predicted octanol–water partition coefficient (Wildman–Crippen LogP) is 0.511. The van der Waals surface area contributed by atoms with Crippen LogP contribution in [-0.2, 0) is 4.79 Å². The number of hydrogen-bond acceptors (Lipinski definition) is 4. The van der Waals surface area contributed by atoms with Crippen LogP contribution in [0.2, 0.25) is 0 Å². The van der Waals surface area contributed by atoms with Gasteiger partial charge in [-0.3, -0.25) is 14.6 Å². The average molecular weight is 359 g/mol. The van der Waals surface area contributed by atoms with Crippen LogP contribution in [0.15, 0.2) is 18.3 Å². The Bertz CT molecular complexity index is 691. The Morgan fingerprint density at radius 2 is 1.96 bits per heavy atom. The third-order valence-corrected chi connectivity index (χ3v) is 5.07. The fourth-order valence-corrected chi connectivity index (χ4v) is 3.50. The molecule has 2 fully saturated rings. The molecule has 1 unspecified atom stereocenters. The first-order chi connectivity index (χ1) is 12.4. The van der Waals surface area contributed by atoms with Gasteiger partial charge in [0.25, 0.3) is 5.91 Å². The monoisotopic (exact) mass is 359 g/mol. The van der Waals surface area contributed by atoms with Gasteiger partial charge in [-0.25, -0.2) is 4.79 Å². The van der Waals surface area contributed by atoms with E-state index in [2.05, 4.69) is 10.3 Å². The van der Waals surface area contributed by atoms with Crippen LogP contribution in [0.1, 0.15) is 35.3 Å². The summed E-state index contributed by atoms with van der Waals surface area (Å²) in [5.41, 5.74) is 6.79. The fourth-order valence-electron chi connectivity index (χ4n) is 3.50. The molecule has 0 aromatic carbocycles. The number of carbonyl (C=O) groups is 3. The number of nitrogens with two attached hydrogens (primary N) is 1. The molecule has 3 heterocycles. The quantitative estimate of drug-likeness (QED) is 0.819. The van der Waals surface area contributed by atoms with Crippen molar-refractivity contribution in [2.24, 2.45) is 11.7 Å². The lowest BCUT2D eigenvalue weighted by Crippen LogP contribution is -2.51. The summed E-state index contributed by atoms with van der Waals surface area (Å²) in [6, 6.07) is 3.31. The number of primary amides is 1. The summed E-state index contributed by atoms with van der Waals surface area (Å²) < 4.78 is 0. The van der Waals surface area contributed by atoms with Gasteiger partial charge in [0.15, 0.2) is 0 Å². The standard InChI is InChI=1S/C18H25N5O3/c1-12-4-5-13(9-20-12)17(25)22-8-6-15(11-22)21-18(26)23-7-2-3-14(10-23)16(19)24/h4-5,9,14-15H,2-3,6-8,10-11H2,1H3,(H2,19,24)(H,21,26)/t14?,15-/m1/s1. The normalized spacial score (nSPS) is 23.0. The maximum Gasteiger partial charge on any atom is 0.317 e. The molecule has 140 valence electrons. The Morgan fingerprint density at radius 3 is 2.65 bits per heavy atom.